The first-order chi connectivity index (χ1) is 17.1. The van der Waals surface area contributed by atoms with Crippen molar-refractivity contribution in [1.82, 2.24) is 5.32 Å². The second-order valence-electron chi connectivity index (χ2n) is 9.96. The van der Waals surface area contributed by atoms with Crippen molar-refractivity contribution in [1.29, 1.82) is 0 Å². The Hall–Kier alpha value is -2.78. The second kappa shape index (κ2) is 10.7. The molecule has 1 saturated heterocycles. The highest BCUT2D eigenvalue weighted by atomic mass is 19.1. The van der Waals surface area contributed by atoms with Crippen LogP contribution in [0.15, 0.2) is 54.6 Å². The van der Waals surface area contributed by atoms with Gasteiger partial charge in [-0.1, -0.05) is 30.4 Å². The van der Waals surface area contributed by atoms with Crippen molar-refractivity contribution >= 4 is 5.91 Å². The molecule has 194 valence electrons. The van der Waals surface area contributed by atoms with Crippen molar-refractivity contribution in [3.05, 3.63) is 66.0 Å². The summed E-state index contributed by atoms with van der Waals surface area (Å²) in [4.78, 5) is 11.8. The number of hydrogen-bond acceptors (Lipinski definition) is 6. The summed E-state index contributed by atoms with van der Waals surface area (Å²) in [5.74, 6) is -0.103. The lowest BCUT2D eigenvalue weighted by atomic mass is 9.80. The van der Waals surface area contributed by atoms with Crippen LogP contribution in [0.3, 0.4) is 0 Å². The molecule has 0 saturated carbocycles. The number of hydrogen-bond donors (Lipinski definition) is 3. The summed E-state index contributed by atoms with van der Waals surface area (Å²) >= 11 is 0. The van der Waals surface area contributed by atoms with E-state index in [0.717, 1.165) is 17.5 Å². The number of aliphatic hydroxyl groups is 2. The van der Waals surface area contributed by atoms with Crippen molar-refractivity contribution in [2.45, 2.75) is 75.8 Å². The van der Waals surface area contributed by atoms with Crippen LogP contribution in [0.25, 0.3) is 11.1 Å². The third kappa shape index (κ3) is 5.47. The molecule has 36 heavy (non-hydrogen) atoms. The van der Waals surface area contributed by atoms with Gasteiger partial charge in [-0.05, 0) is 67.6 Å². The van der Waals surface area contributed by atoms with Crippen molar-refractivity contribution in [2.24, 2.45) is 0 Å². The number of amides is 1. The van der Waals surface area contributed by atoms with Crippen LogP contribution in [0.2, 0.25) is 0 Å². The Balaban J connectivity index is 1.71. The summed E-state index contributed by atoms with van der Waals surface area (Å²) < 4.78 is 31.5. The van der Waals surface area contributed by atoms with Gasteiger partial charge in [0.2, 0.25) is 12.2 Å². The Labute approximate surface area is 210 Å². The van der Waals surface area contributed by atoms with E-state index in [2.05, 4.69) is 17.5 Å². The summed E-state index contributed by atoms with van der Waals surface area (Å²) in [6, 6.07) is 11.7. The van der Waals surface area contributed by atoms with Crippen molar-refractivity contribution in [3.8, 4) is 16.9 Å². The number of halogens is 1. The van der Waals surface area contributed by atoms with Gasteiger partial charge < -0.3 is 29.7 Å². The van der Waals surface area contributed by atoms with E-state index >= 15 is 0 Å². The summed E-state index contributed by atoms with van der Waals surface area (Å²) in [6.07, 6.45) is 1.13. The Morgan fingerprint density at radius 2 is 1.86 bits per heavy atom. The number of benzene rings is 2. The van der Waals surface area contributed by atoms with Crippen LogP contribution >= 0.6 is 0 Å². The molecule has 6 atom stereocenters. The number of ether oxygens (including phenoxy) is 3. The molecule has 0 spiro atoms. The number of methoxy groups -OCH3 is 1. The molecular weight excluding hydrogens is 465 g/mol. The van der Waals surface area contributed by atoms with Crippen LogP contribution in [0.5, 0.6) is 5.75 Å². The minimum absolute atomic E-state index is 0.0223. The lowest BCUT2D eigenvalue weighted by Crippen LogP contribution is -2.63. The third-order valence-electron chi connectivity index (χ3n) is 6.93. The van der Waals surface area contributed by atoms with E-state index in [1.54, 1.807) is 32.0 Å². The van der Waals surface area contributed by atoms with Crippen LogP contribution in [-0.4, -0.2) is 59.5 Å². The topological polar surface area (TPSA) is 97.3 Å². The van der Waals surface area contributed by atoms with Gasteiger partial charge in [-0.15, -0.1) is 0 Å². The lowest BCUT2D eigenvalue weighted by Gasteiger charge is -2.46. The lowest BCUT2D eigenvalue weighted by molar-refractivity contribution is -0.305. The number of carbonyl (C=O) groups is 1. The van der Waals surface area contributed by atoms with Crippen LogP contribution in [0.1, 0.15) is 45.1 Å². The first kappa shape index (κ1) is 26.3. The minimum atomic E-state index is -1.34. The maximum absolute atomic E-state index is 14.2. The van der Waals surface area contributed by atoms with Crippen LogP contribution in [-0.2, 0) is 14.3 Å². The predicted octanol–water partition coefficient (Wildman–Crippen LogP) is 3.68. The fourth-order valence-corrected chi connectivity index (χ4v) is 5.26. The summed E-state index contributed by atoms with van der Waals surface area (Å²) in [6.45, 7) is 5.01. The van der Waals surface area contributed by atoms with Crippen LogP contribution in [0.4, 0.5) is 4.39 Å². The average Bonchev–Trinajstić information content (AvgIpc) is 2.82. The Bertz CT molecular complexity index is 1120. The molecule has 8 heteroatoms. The first-order valence-electron chi connectivity index (χ1n) is 12.2. The van der Waals surface area contributed by atoms with Crippen molar-refractivity contribution < 1.29 is 33.6 Å². The largest absolute Gasteiger partial charge is 0.462 e. The van der Waals surface area contributed by atoms with Gasteiger partial charge in [-0.3, -0.25) is 4.79 Å². The molecule has 0 aromatic heterocycles. The summed E-state index contributed by atoms with van der Waals surface area (Å²) in [7, 11) is 1.45. The highest BCUT2D eigenvalue weighted by Gasteiger charge is 2.50. The van der Waals surface area contributed by atoms with Gasteiger partial charge in [0.1, 0.15) is 29.9 Å². The van der Waals surface area contributed by atoms with Gasteiger partial charge >= 0.3 is 0 Å². The normalized spacial score (nSPS) is 29.5. The van der Waals surface area contributed by atoms with E-state index in [0.29, 0.717) is 17.7 Å². The average molecular weight is 500 g/mol. The molecule has 1 aliphatic carbocycles. The van der Waals surface area contributed by atoms with E-state index < -0.39 is 30.2 Å². The molecule has 2 aliphatic rings. The molecule has 4 rings (SSSR count). The quantitative estimate of drug-likeness (QED) is 0.525. The third-order valence-corrected chi connectivity index (χ3v) is 6.93. The molecule has 1 aliphatic heterocycles. The van der Waals surface area contributed by atoms with Gasteiger partial charge in [-0.25, -0.2) is 4.39 Å². The van der Waals surface area contributed by atoms with Gasteiger partial charge in [0.15, 0.2) is 0 Å². The van der Waals surface area contributed by atoms with Crippen LogP contribution in [0, 0.1) is 5.82 Å². The zero-order valence-corrected chi connectivity index (χ0v) is 21.0. The molecule has 1 fully saturated rings. The maximum atomic E-state index is 14.2. The molecule has 2 aromatic rings. The first-order valence-corrected chi connectivity index (χ1v) is 12.2. The Morgan fingerprint density at radius 3 is 2.56 bits per heavy atom. The number of rotatable bonds is 6. The molecule has 0 bridgehead atoms. The highest BCUT2D eigenvalue weighted by molar-refractivity contribution is 5.74. The van der Waals surface area contributed by atoms with Crippen molar-refractivity contribution in [2.75, 3.05) is 7.11 Å². The Kier molecular flexibility index (Phi) is 7.80. The SMILES string of the molecule is CO[C@@H]1[C@@H](O)[C@@H](O)C(Oc2ccc(C3CC=CCC3NC(C)=O)c(-c3cccc(F)c3)c2)OC1(C)C. The molecule has 2 aromatic carbocycles. The molecular formula is C28H34FNO6. The predicted molar refractivity (Wildman–Crippen MR) is 133 cm³/mol. The molecule has 3 unspecified atom stereocenters. The molecule has 1 heterocycles. The smallest absolute Gasteiger partial charge is 0.229 e. The summed E-state index contributed by atoms with van der Waals surface area (Å²) in [5, 5.41) is 24.3. The van der Waals surface area contributed by atoms with E-state index in [9.17, 15) is 19.4 Å². The number of carbonyl (C=O) groups excluding carboxylic acids is 1. The van der Waals surface area contributed by atoms with Gasteiger partial charge in [0, 0.05) is 26.0 Å². The van der Waals surface area contributed by atoms with E-state index in [-0.39, 0.29) is 23.7 Å². The highest BCUT2D eigenvalue weighted by Crippen LogP contribution is 2.40. The van der Waals surface area contributed by atoms with E-state index in [4.69, 9.17) is 14.2 Å². The van der Waals surface area contributed by atoms with E-state index in [1.165, 1.54) is 26.2 Å². The zero-order valence-electron chi connectivity index (χ0n) is 21.0. The zero-order chi connectivity index (χ0) is 26.0. The van der Waals surface area contributed by atoms with E-state index in [1.807, 2.05) is 12.1 Å². The van der Waals surface area contributed by atoms with Crippen molar-refractivity contribution in [3.63, 3.8) is 0 Å². The molecule has 3 N–H and O–H groups in total. The maximum Gasteiger partial charge on any atom is 0.229 e. The Morgan fingerprint density at radius 1 is 1.11 bits per heavy atom. The monoisotopic (exact) mass is 499 g/mol. The second-order valence-corrected chi connectivity index (χ2v) is 9.96. The number of allylic oxidation sites excluding steroid dienone is 1. The molecule has 1 amide bonds. The van der Waals surface area contributed by atoms with Crippen LogP contribution < -0.4 is 10.1 Å². The summed E-state index contributed by atoms with van der Waals surface area (Å²) in [5.41, 5.74) is 1.45. The standard InChI is InChI=1S/C28H34FNO6/c1-16(31)30-23-11-6-5-10-21(23)20-13-12-19(15-22(20)17-8-7-9-18(29)14-17)35-27-25(33)24(32)26(34-4)28(2,3)36-27/h5-9,12-15,21,23-27,32-33H,10-11H2,1-4H3,(H,30,31)/t21?,23?,24-,25+,26+,27?/m0/s1. The minimum Gasteiger partial charge on any atom is -0.462 e. The fraction of sp³-hybridized carbons (Fsp3) is 0.464. The molecule has 0 radical (unpaired) electrons. The molecule has 7 nitrogen and oxygen atoms in total. The van der Waals surface area contributed by atoms with Gasteiger partial charge in [-0.2, -0.15) is 0 Å². The van der Waals surface area contributed by atoms with Gasteiger partial charge in [0.05, 0.1) is 5.60 Å². The van der Waals surface area contributed by atoms with Gasteiger partial charge in [0.25, 0.3) is 0 Å². The number of nitrogens with one attached hydrogen (secondary N) is 1. The number of aliphatic hydroxyl groups excluding tert-OH is 2. The fourth-order valence-electron chi connectivity index (χ4n) is 5.26.